The van der Waals surface area contributed by atoms with Crippen molar-refractivity contribution < 1.29 is 9.53 Å². The van der Waals surface area contributed by atoms with Gasteiger partial charge in [0.15, 0.2) is 0 Å². The molecule has 0 saturated carbocycles. The maximum absolute atomic E-state index is 11.5. The normalized spacial score (nSPS) is 10.3. The quantitative estimate of drug-likeness (QED) is 0.507. The summed E-state index contributed by atoms with van der Waals surface area (Å²) in [6.45, 7) is 4.70. The Bertz CT molecular complexity index is 358. The maximum Gasteiger partial charge on any atom is 0.306 e. The van der Waals surface area contributed by atoms with E-state index in [9.17, 15) is 4.79 Å². The van der Waals surface area contributed by atoms with E-state index in [0.29, 0.717) is 13.0 Å². The van der Waals surface area contributed by atoms with Gasteiger partial charge in [-0.15, -0.1) is 0 Å². The maximum atomic E-state index is 11.5. The van der Waals surface area contributed by atoms with Crippen LogP contribution in [0.25, 0.3) is 0 Å². The summed E-state index contributed by atoms with van der Waals surface area (Å²) in [7, 11) is 0. The van der Waals surface area contributed by atoms with Crippen molar-refractivity contribution in [2.45, 2.75) is 59.0 Å². The second kappa shape index (κ2) is 8.73. The average molecular weight is 248 g/mol. The Labute approximate surface area is 110 Å². The Balaban J connectivity index is 2.33. The van der Waals surface area contributed by atoms with Gasteiger partial charge in [0.2, 0.25) is 0 Å². The molecule has 0 aliphatic carbocycles. The summed E-state index contributed by atoms with van der Waals surface area (Å²) in [6, 6.07) is 8.29. The van der Waals surface area contributed by atoms with Gasteiger partial charge in [-0.25, -0.2) is 0 Å². The van der Waals surface area contributed by atoms with E-state index in [2.05, 4.69) is 26.0 Å². The van der Waals surface area contributed by atoms with E-state index in [1.807, 2.05) is 12.1 Å². The topological polar surface area (TPSA) is 26.3 Å². The lowest BCUT2D eigenvalue weighted by Gasteiger charge is -2.06. The number of carbonyl (C=O) groups excluding carboxylic acids is 1. The molecule has 0 heterocycles. The Hall–Kier alpha value is -1.31. The molecule has 1 aromatic rings. The summed E-state index contributed by atoms with van der Waals surface area (Å²) in [4.78, 5) is 11.5. The Morgan fingerprint density at radius 1 is 1.11 bits per heavy atom. The van der Waals surface area contributed by atoms with Crippen LogP contribution in [-0.2, 0) is 22.6 Å². The predicted octanol–water partition coefficient (Wildman–Crippen LogP) is 4.26. The fraction of sp³-hybridized carbons (Fsp3) is 0.562. The Kier molecular flexibility index (Phi) is 7.16. The van der Waals surface area contributed by atoms with Crippen LogP contribution >= 0.6 is 0 Å². The smallest absolute Gasteiger partial charge is 0.306 e. The third-order valence-electron chi connectivity index (χ3n) is 2.91. The number of hydrogen-bond donors (Lipinski definition) is 0. The number of aryl methyl sites for hydroxylation is 1. The van der Waals surface area contributed by atoms with Crippen LogP contribution in [0.15, 0.2) is 24.3 Å². The van der Waals surface area contributed by atoms with Gasteiger partial charge in [-0.3, -0.25) is 4.79 Å². The summed E-state index contributed by atoms with van der Waals surface area (Å²) < 4.78 is 5.27. The third kappa shape index (κ3) is 5.85. The molecule has 18 heavy (non-hydrogen) atoms. The molecule has 0 unspecified atom stereocenters. The first kappa shape index (κ1) is 14.7. The molecule has 0 aromatic heterocycles. The van der Waals surface area contributed by atoms with Gasteiger partial charge in [0, 0.05) is 6.42 Å². The number of carbonyl (C=O) groups is 1. The van der Waals surface area contributed by atoms with Gasteiger partial charge < -0.3 is 4.74 Å². The zero-order chi connectivity index (χ0) is 13.2. The number of unbranched alkanes of at least 4 members (excludes halogenated alkanes) is 2. The van der Waals surface area contributed by atoms with Gasteiger partial charge in [0.25, 0.3) is 0 Å². The second-order valence-electron chi connectivity index (χ2n) is 4.69. The van der Waals surface area contributed by atoms with Gasteiger partial charge in [-0.2, -0.15) is 0 Å². The molecule has 0 bridgehead atoms. The molecule has 1 aromatic carbocycles. The highest BCUT2D eigenvalue weighted by molar-refractivity contribution is 5.69. The Morgan fingerprint density at radius 3 is 2.61 bits per heavy atom. The van der Waals surface area contributed by atoms with Gasteiger partial charge >= 0.3 is 5.97 Å². The van der Waals surface area contributed by atoms with Crippen LogP contribution in [0.1, 0.15) is 57.1 Å². The third-order valence-corrected chi connectivity index (χ3v) is 2.91. The zero-order valence-corrected chi connectivity index (χ0v) is 11.6. The van der Waals surface area contributed by atoms with Crippen molar-refractivity contribution in [1.82, 2.24) is 0 Å². The summed E-state index contributed by atoms with van der Waals surface area (Å²) >= 11 is 0. The van der Waals surface area contributed by atoms with Crippen LogP contribution < -0.4 is 0 Å². The van der Waals surface area contributed by atoms with Crippen LogP contribution in [-0.4, -0.2) is 5.97 Å². The van der Waals surface area contributed by atoms with E-state index in [1.165, 1.54) is 5.56 Å². The highest BCUT2D eigenvalue weighted by atomic mass is 16.5. The van der Waals surface area contributed by atoms with Crippen molar-refractivity contribution in [2.24, 2.45) is 0 Å². The Morgan fingerprint density at radius 2 is 1.89 bits per heavy atom. The number of benzene rings is 1. The first-order chi connectivity index (χ1) is 8.76. The fourth-order valence-electron chi connectivity index (χ4n) is 1.92. The largest absolute Gasteiger partial charge is 0.461 e. The summed E-state index contributed by atoms with van der Waals surface area (Å²) in [5.74, 6) is -0.0793. The second-order valence-corrected chi connectivity index (χ2v) is 4.69. The molecular formula is C16H24O2. The first-order valence-corrected chi connectivity index (χ1v) is 6.99. The van der Waals surface area contributed by atoms with Crippen LogP contribution in [0.2, 0.25) is 0 Å². The number of esters is 1. The molecule has 2 nitrogen and oxygen atoms in total. The monoisotopic (exact) mass is 248 g/mol. The van der Waals surface area contributed by atoms with E-state index in [1.54, 1.807) is 0 Å². The predicted molar refractivity (Wildman–Crippen MR) is 74.4 cm³/mol. The zero-order valence-electron chi connectivity index (χ0n) is 11.6. The van der Waals surface area contributed by atoms with Crippen molar-refractivity contribution in [3.8, 4) is 0 Å². The van der Waals surface area contributed by atoms with E-state index < -0.39 is 0 Å². The van der Waals surface area contributed by atoms with Gasteiger partial charge in [-0.1, -0.05) is 57.4 Å². The van der Waals surface area contributed by atoms with Gasteiger partial charge in [0.05, 0.1) is 0 Å². The first-order valence-electron chi connectivity index (χ1n) is 6.99. The van der Waals surface area contributed by atoms with Gasteiger partial charge in [-0.05, 0) is 24.0 Å². The lowest BCUT2D eigenvalue weighted by Crippen LogP contribution is -2.04. The van der Waals surface area contributed by atoms with E-state index in [-0.39, 0.29) is 5.97 Å². The molecule has 0 spiro atoms. The molecule has 100 valence electrons. The van der Waals surface area contributed by atoms with Crippen molar-refractivity contribution in [3.05, 3.63) is 35.4 Å². The fourth-order valence-corrected chi connectivity index (χ4v) is 1.92. The summed E-state index contributed by atoms with van der Waals surface area (Å²) in [5, 5.41) is 0. The number of hydrogen-bond acceptors (Lipinski definition) is 2. The molecule has 1 rings (SSSR count). The molecule has 2 heteroatoms. The summed E-state index contributed by atoms with van der Waals surface area (Å²) in [5.41, 5.74) is 2.40. The SMILES string of the molecule is CCCCCC(=O)OCc1cccc(CCC)c1. The molecule has 0 aliphatic heterocycles. The molecule has 0 amide bonds. The molecule has 0 N–H and O–H groups in total. The minimum absolute atomic E-state index is 0.0793. The average Bonchev–Trinajstić information content (AvgIpc) is 2.38. The molecule has 0 radical (unpaired) electrons. The lowest BCUT2D eigenvalue weighted by atomic mass is 10.1. The standard InChI is InChI=1S/C16H24O2/c1-3-5-6-11-16(17)18-13-15-10-7-9-14(12-15)8-4-2/h7,9-10,12H,3-6,8,11,13H2,1-2H3. The highest BCUT2D eigenvalue weighted by Gasteiger charge is 2.03. The van der Waals surface area contributed by atoms with E-state index in [0.717, 1.165) is 37.7 Å². The van der Waals surface area contributed by atoms with Crippen LogP contribution in [0, 0.1) is 0 Å². The molecule has 0 fully saturated rings. The van der Waals surface area contributed by atoms with E-state index in [4.69, 9.17) is 4.74 Å². The number of ether oxygens (including phenoxy) is 1. The minimum Gasteiger partial charge on any atom is -0.461 e. The molecule has 0 aliphatic rings. The van der Waals surface area contributed by atoms with Crippen molar-refractivity contribution in [3.63, 3.8) is 0 Å². The molecule has 0 saturated heterocycles. The van der Waals surface area contributed by atoms with Crippen molar-refractivity contribution in [2.75, 3.05) is 0 Å². The minimum atomic E-state index is -0.0793. The van der Waals surface area contributed by atoms with Crippen molar-refractivity contribution in [1.29, 1.82) is 0 Å². The van der Waals surface area contributed by atoms with Gasteiger partial charge in [0.1, 0.15) is 6.61 Å². The molecule has 0 atom stereocenters. The van der Waals surface area contributed by atoms with E-state index >= 15 is 0 Å². The molecular weight excluding hydrogens is 224 g/mol. The van der Waals surface area contributed by atoms with Crippen LogP contribution in [0.5, 0.6) is 0 Å². The number of rotatable bonds is 8. The highest BCUT2D eigenvalue weighted by Crippen LogP contribution is 2.09. The van der Waals surface area contributed by atoms with Crippen LogP contribution in [0.3, 0.4) is 0 Å². The lowest BCUT2D eigenvalue weighted by molar-refractivity contribution is -0.145. The van der Waals surface area contributed by atoms with Crippen LogP contribution in [0.4, 0.5) is 0 Å². The van der Waals surface area contributed by atoms with Crippen molar-refractivity contribution >= 4 is 5.97 Å². The summed E-state index contributed by atoms with van der Waals surface area (Å²) in [6.07, 6.45) is 5.93.